The van der Waals surface area contributed by atoms with E-state index in [1.54, 1.807) is 12.1 Å². The van der Waals surface area contributed by atoms with Crippen LogP contribution in [-0.2, 0) is 0 Å². The van der Waals surface area contributed by atoms with Gasteiger partial charge >= 0.3 is 0 Å². The molecule has 0 fully saturated rings. The van der Waals surface area contributed by atoms with Crippen LogP contribution in [0, 0.1) is 19.7 Å². The first kappa shape index (κ1) is 18.1. The van der Waals surface area contributed by atoms with Crippen molar-refractivity contribution in [1.82, 2.24) is 5.32 Å². The highest BCUT2D eigenvalue weighted by Gasteiger charge is 2.17. The summed E-state index contributed by atoms with van der Waals surface area (Å²) >= 11 is 5.50. The van der Waals surface area contributed by atoms with Gasteiger partial charge in [-0.3, -0.25) is 0 Å². The van der Waals surface area contributed by atoms with Gasteiger partial charge < -0.3 is 10.6 Å². The van der Waals surface area contributed by atoms with Gasteiger partial charge in [0.15, 0.2) is 5.11 Å². The fourth-order valence-electron chi connectivity index (χ4n) is 2.97. The molecule has 0 unspecified atom stereocenters. The number of aryl methyl sites for hydroxylation is 2. The van der Waals surface area contributed by atoms with Crippen LogP contribution in [0.4, 0.5) is 10.1 Å². The van der Waals surface area contributed by atoms with Crippen molar-refractivity contribution >= 4 is 23.0 Å². The van der Waals surface area contributed by atoms with Crippen LogP contribution in [0.5, 0.6) is 0 Å². The standard InChI is InChI=1S/C22H21FN2S/c1-15-8-13-20(16(2)14-15)21(17-6-4-3-5-7-17)25-22(26)24-19-11-9-18(23)10-12-19/h3-14,21H,1-2H3,(H2,24,25,26)/t21-/m1/s1. The van der Waals surface area contributed by atoms with E-state index in [1.165, 1.54) is 28.8 Å². The Morgan fingerprint density at radius 1 is 0.923 bits per heavy atom. The Hall–Kier alpha value is -2.72. The molecule has 132 valence electrons. The van der Waals surface area contributed by atoms with Crippen molar-refractivity contribution in [3.05, 3.63) is 101 Å². The molecular weight excluding hydrogens is 343 g/mol. The number of anilines is 1. The van der Waals surface area contributed by atoms with Gasteiger partial charge in [-0.15, -0.1) is 0 Å². The Morgan fingerprint density at radius 3 is 2.27 bits per heavy atom. The number of nitrogens with one attached hydrogen (secondary N) is 2. The third-order valence-corrected chi connectivity index (χ3v) is 4.47. The largest absolute Gasteiger partial charge is 0.352 e. The van der Waals surface area contributed by atoms with E-state index in [1.807, 2.05) is 18.2 Å². The molecule has 0 aliphatic carbocycles. The van der Waals surface area contributed by atoms with E-state index in [0.717, 1.165) is 11.3 Å². The summed E-state index contributed by atoms with van der Waals surface area (Å²) in [5, 5.41) is 7.01. The number of rotatable bonds is 4. The Balaban J connectivity index is 1.86. The lowest BCUT2D eigenvalue weighted by Gasteiger charge is -2.24. The third kappa shape index (κ3) is 4.46. The molecule has 1 atom stereocenters. The molecule has 3 aromatic rings. The molecule has 0 aliphatic rings. The second kappa shape index (κ2) is 8.11. The van der Waals surface area contributed by atoms with Crippen molar-refractivity contribution < 1.29 is 4.39 Å². The molecule has 0 bridgehead atoms. The SMILES string of the molecule is Cc1ccc([C@H](NC(=S)Nc2ccc(F)cc2)c2ccccc2)c(C)c1. The summed E-state index contributed by atoms with van der Waals surface area (Å²) in [6, 6.07) is 22.7. The highest BCUT2D eigenvalue weighted by molar-refractivity contribution is 7.80. The van der Waals surface area contributed by atoms with Crippen LogP contribution in [0.1, 0.15) is 28.3 Å². The van der Waals surface area contributed by atoms with Crippen LogP contribution in [0.2, 0.25) is 0 Å². The summed E-state index contributed by atoms with van der Waals surface area (Å²) in [7, 11) is 0. The van der Waals surface area contributed by atoms with Crippen LogP contribution in [0.3, 0.4) is 0 Å². The van der Waals surface area contributed by atoms with Crippen LogP contribution in [-0.4, -0.2) is 5.11 Å². The zero-order valence-electron chi connectivity index (χ0n) is 14.8. The maximum atomic E-state index is 13.1. The predicted octanol–water partition coefficient (Wildman–Crippen LogP) is 5.52. The van der Waals surface area contributed by atoms with Gasteiger partial charge in [-0.05, 0) is 67.0 Å². The highest BCUT2D eigenvalue weighted by atomic mass is 32.1. The molecule has 2 nitrogen and oxygen atoms in total. The minimum Gasteiger partial charge on any atom is -0.352 e. The van der Waals surface area contributed by atoms with Crippen molar-refractivity contribution in [3.8, 4) is 0 Å². The second-order valence-corrected chi connectivity index (χ2v) is 6.72. The maximum Gasteiger partial charge on any atom is 0.171 e. The summed E-state index contributed by atoms with van der Waals surface area (Å²) in [6.07, 6.45) is 0. The van der Waals surface area contributed by atoms with Crippen molar-refractivity contribution in [2.75, 3.05) is 5.32 Å². The van der Waals surface area contributed by atoms with E-state index in [2.05, 4.69) is 54.8 Å². The molecule has 26 heavy (non-hydrogen) atoms. The van der Waals surface area contributed by atoms with E-state index in [9.17, 15) is 4.39 Å². The lowest BCUT2D eigenvalue weighted by molar-refractivity contribution is 0.628. The van der Waals surface area contributed by atoms with E-state index < -0.39 is 0 Å². The molecule has 0 amide bonds. The summed E-state index contributed by atoms with van der Waals surface area (Å²) in [5.74, 6) is -0.271. The molecule has 0 heterocycles. The zero-order chi connectivity index (χ0) is 18.5. The molecule has 0 saturated carbocycles. The number of halogens is 1. The van der Waals surface area contributed by atoms with Crippen molar-refractivity contribution in [2.45, 2.75) is 19.9 Å². The quantitative estimate of drug-likeness (QED) is 0.596. The first-order valence-electron chi connectivity index (χ1n) is 8.48. The summed E-state index contributed by atoms with van der Waals surface area (Å²) in [4.78, 5) is 0. The normalized spacial score (nSPS) is 11.7. The van der Waals surface area contributed by atoms with Gasteiger partial charge in [0.1, 0.15) is 5.82 Å². The fraction of sp³-hybridized carbons (Fsp3) is 0.136. The average molecular weight is 364 g/mol. The van der Waals surface area contributed by atoms with Crippen LogP contribution in [0.25, 0.3) is 0 Å². The minimum absolute atomic E-state index is 0.0720. The maximum absolute atomic E-state index is 13.1. The summed E-state index contributed by atoms with van der Waals surface area (Å²) in [5.41, 5.74) is 5.48. The summed E-state index contributed by atoms with van der Waals surface area (Å²) in [6.45, 7) is 4.19. The smallest absolute Gasteiger partial charge is 0.171 e. The highest BCUT2D eigenvalue weighted by Crippen LogP contribution is 2.26. The monoisotopic (exact) mass is 364 g/mol. The Morgan fingerprint density at radius 2 is 1.62 bits per heavy atom. The lowest BCUT2D eigenvalue weighted by Crippen LogP contribution is -2.33. The molecule has 0 aromatic heterocycles. The van der Waals surface area contributed by atoms with E-state index in [-0.39, 0.29) is 11.9 Å². The number of thiocarbonyl (C=S) groups is 1. The Bertz CT molecular complexity index is 892. The van der Waals surface area contributed by atoms with Crippen molar-refractivity contribution in [2.24, 2.45) is 0 Å². The number of hydrogen-bond donors (Lipinski definition) is 2. The first-order chi connectivity index (χ1) is 12.5. The van der Waals surface area contributed by atoms with E-state index >= 15 is 0 Å². The van der Waals surface area contributed by atoms with Gasteiger partial charge in [0.25, 0.3) is 0 Å². The van der Waals surface area contributed by atoms with Gasteiger partial charge in [0.05, 0.1) is 6.04 Å². The van der Waals surface area contributed by atoms with Crippen molar-refractivity contribution in [3.63, 3.8) is 0 Å². The lowest BCUT2D eigenvalue weighted by atomic mass is 9.94. The number of benzene rings is 3. The average Bonchev–Trinajstić information content (AvgIpc) is 2.63. The van der Waals surface area contributed by atoms with Crippen LogP contribution in [0.15, 0.2) is 72.8 Å². The van der Waals surface area contributed by atoms with Crippen LogP contribution >= 0.6 is 12.2 Å². The van der Waals surface area contributed by atoms with Gasteiger partial charge in [-0.25, -0.2) is 4.39 Å². The molecule has 0 aliphatic heterocycles. The Kier molecular flexibility index (Phi) is 5.64. The molecule has 0 radical (unpaired) electrons. The molecule has 4 heteroatoms. The van der Waals surface area contributed by atoms with Gasteiger partial charge in [0, 0.05) is 5.69 Å². The third-order valence-electron chi connectivity index (χ3n) is 4.25. The Labute approximate surface area is 159 Å². The molecule has 0 spiro atoms. The minimum atomic E-state index is -0.271. The second-order valence-electron chi connectivity index (χ2n) is 6.31. The zero-order valence-corrected chi connectivity index (χ0v) is 15.6. The molecule has 3 aromatic carbocycles. The predicted molar refractivity (Wildman–Crippen MR) is 110 cm³/mol. The molecule has 2 N–H and O–H groups in total. The molecule has 3 rings (SSSR count). The topological polar surface area (TPSA) is 24.1 Å². The van der Waals surface area contributed by atoms with E-state index in [0.29, 0.717) is 5.11 Å². The number of hydrogen-bond acceptors (Lipinski definition) is 1. The first-order valence-corrected chi connectivity index (χ1v) is 8.89. The summed E-state index contributed by atoms with van der Waals surface area (Å²) < 4.78 is 13.1. The van der Waals surface area contributed by atoms with Crippen molar-refractivity contribution in [1.29, 1.82) is 0 Å². The van der Waals surface area contributed by atoms with E-state index in [4.69, 9.17) is 12.2 Å². The van der Waals surface area contributed by atoms with Gasteiger partial charge in [-0.2, -0.15) is 0 Å². The van der Waals surface area contributed by atoms with Gasteiger partial charge in [0.2, 0.25) is 0 Å². The fourth-order valence-corrected chi connectivity index (χ4v) is 3.20. The molecule has 0 saturated heterocycles. The molecular formula is C22H21FN2S. The van der Waals surface area contributed by atoms with Crippen LogP contribution < -0.4 is 10.6 Å². The van der Waals surface area contributed by atoms with Gasteiger partial charge in [-0.1, -0.05) is 54.1 Å².